The van der Waals surface area contributed by atoms with Crippen LogP contribution in [-0.4, -0.2) is 60.1 Å². The minimum absolute atomic E-state index is 0.0183. The van der Waals surface area contributed by atoms with Crippen LogP contribution in [0.15, 0.2) is 0 Å². The van der Waals surface area contributed by atoms with Gasteiger partial charge in [0.25, 0.3) is 0 Å². The summed E-state index contributed by atoms with van der Waals surface area (Å²) in [6.07, 6.45) is 2.62. The monoisotopic (exact) mass is 269 g/mol. The summed E-state index contributed by atoms with van der Waals surface area (Å²) in [5, 5.41) is 10.9. The lowest BCUT2D eigenvalue weighted by molar-refractivity contribution is -0.144. The van der Waals surface area contributed by atoms with Crippen molar-refractivity contribution in [2.75, 3.05) is 33.2 Å². The number of hydrogen-bond acceptors (Lipinski definition) is 4. The number of amides is 1. The number of carbonyl (C=O) groups is 2. The molecule has 0 aromatic heterocycles. The highest BCUT2D eigenvalue weighted by molar-refractivity contribution is 5.78. The maximum absolute atomic E-state index is 12.1. The van der Waals surface area contributed by atoms with Crippen LogP contribution >= 0.6 is 0 Å². The molecular weight excluding hydrogens is 246 g/mol. The van der Waals surface area contributed by atoms with E-state index < -0.39 is 5.97 Å². The Balaban J connectivity index is 1.74. The molecule has 6 heteroatoms. The summed E-state index contributed by atoms with van der Waals surface area (Å²) in [4.78, 5) is 25.2. The van der Waals surface area contributed by atoms with E-state index in [1.807, 2.05) is 5.01 Å². The van der Waals surface area contributed by atoms with Crippen LogP contribution in [0.1, 0.15) is 25.7 Å². The van der Waals surface area contributed by atoms with Crippen molar-refractivity contribution < 1.29 is 14.7 Å². The number of rotatable bonds is 3. The maximum Gasteiger partial charge on any atom is 0.306 e. The van der Waals surface area contributed by atoms with E-state index in [0.717, 1.165) is 26.2 Å². The molecule has 0 aromatic carbocycles. The fraction of sp³-hybridized carbons (Fsp3) is 0.846. The third kappa shape index (κ3) is 3.91. The zero-order valence-corrected chi connectivity index (χ0v) is 11.5. The van der Waals surface area contributed by atoms with Gasteiger partial charge >= 0.3 is 5.97 Å². The van der Waals surface area contributed by atoms with Crippen LogP contribution in [0.25, 0.3) is 0 Å². The van der Waals surface area contributed by atoms with Gasteiger partial charge in [-0.25, -0.2) is 5.01 Å². The Morgan fingerprint density at radius 1 is 1.00 bits per heavy atom. The van der Waals surface area contributed by atoms with Crippen LogP contribution in [0, 0.1) is 11.8 Å². The van der Waals surface area contributed by atoms with Gasteiger partial charge < -0.3 is 10.0 Å². The number of carboxylic acids is 1. The molecule has 1 aliphatic heterocycles. The number of nitrogens with one attached hydrogen (secondary N) is 1. The molecule has 1 saturated heterocycles. The Morgan fingerprint density at radius 3 is 2.05 bits per heavy atom. The first-order valence-electron chi connectivity index (χ1n) is 7.03. The average Bonchev–Trinajstić information content (AvgIpc) is 2.41. The maximum atomic E-state index is 12.1. The molecule has 1 amide bonds. The number of likely N-dealkylation sites (N-methyl/N-ethyl adjacent to an activating group) is 1. The molecule has 2 fully saturated rings. The number of aliphatic carboxylic acids is 1. The molecule has 0 bridgehead atoms. The Kier molecular flexibility index (Phi) is 4.76. The van der Waals surface area contributed by atoms with Gasteiger partial charge in [-0.1, -0.05) is 0 Å². The van der Waals surface area contributed by atoms with E-state index in [2.05, 4.69) is 17.4 Å². The largest absolute Gasteiger partial charge is 0.481 e. The summed E-state index contributed by atoms with van der Waals surface area (Å²) in [6.45, 7) is 3.64. The molecule has 0 radical (unpaired) electrons. The Labute approximate surface area is 113 Å². The second kappa shape index (κ2) is 6.34. The molecule has 2 N–H and O–H groups in total. The summed E-state index contributed by atoms with van der Waals surface area (Å²) in [7, 11) is 2.08. The standard InChI is InChI=1S/C13H23N3O3/c1-15-6-8-16(9-7-15)14-12(17)10-2-4-11(5-3-10)13(18)19/h10-11H,2-9H2,1H3,(H,14,17)(H,18,19). The van der Waals surface area contributed by atoms with Crippen molar-refractivity contribution in [3.8, 4) is 0 Å². The lowest BCUT2D eigenvalue weighted by Crippen LogP contribution is -2.54. The molecule has 1 saturated carbocycles. The van der Waals surface area contributed by atoms with E-state index in [0.29, 0.717) is 25.7 Å². The zero-order valence-electron chi connectivity index (χ0n) is 11.5. The normalized spacial score (nSPS) is 29.9. The number of carboxylic acid groups (broad SMARTS) is 1. The van der Waals surface area contributed by atoms with Gasteiger partial charge in [0.2, 0.25) is 5.91 Å². The van der Waals surface area contributed by atoms with Crippen LogP contribution in [0.4, 0.5) is 0 Å². The summed E-state index contributed by atoms with van der Waals surface area (Å²) < 4.78 is 0. The summed E-state index contributed by atoms with van der Waals surface area (Å²) in [5.74, 6) is -0.936. The second-order valence-electron chi connectivity index (χ2n) is 5.65. The van der Waals surface area contributed by atoms with Crippen molar-refractivity contribution in [1.29, 1.82) is 0 Å². The minimum Gasteiger partial charge on any atom is -0.481 e. The van der Waals surface area contributed by atoms with E-state index in [9.17, 15) is 9.59 Å². The molecule has 1 aliphatic carbocycles. The zero-order chi connectivity index (χ0) is 13.8. The number of piperazine rings is 1. The molecule has 2 rings (SSSR count). The van der Waals surface area contributed by atoms with E-state index in [-0.39, 0.29) is 17.7 Å². The Morgan fingerprint density at radius 2 is 1.53 bits per heavy atom. The predicted molar refractivity (Wildman–Crippen MR) is 70.3 cm³/mol. The van der Waals surface area contributed by atoms with E-state index in [4.69, 9.17) is 5.11 Å². The molecule has 6 nitrogen and oxygen atoms in total. The fourth-order valence-corrected chi connectivity index (χ4v) is 2.77. The molecule has 2 aliphatic rings. The molecule has 0 unspecified atom stereocenters. The van der Waals surface area contributed by atoms with Crippen molar-refractivity contribution in [2.45, 2.75) is 25.7 Å². The summed E-state index contributed by atoms with van der Waals surface area (Å²) >= 11 is 0. The van der Waals surface area contributed by atoms with Crippen LogP contribution in [0.2, 0.25) is 0 Å². The van der Waals surface area contributed by atoms with Crippen LogP contribution in [-0.2, 0) is 9.59 Å². The quantitative estimate of drug-likeness (QED) is 0.763. The third-order valence-corrected chi connectivity index (χ3v) is 4.22. The first-order valence-corrected chi connectivity index (χ1v) is 7.03. The smallest absolute Gasteiger partial charge is 0.306 e. The third-order valence-electron chi connectivity index (χ3n) is 4.22. The van der Waals surface area contributed by atoms with E-state index in [1.165, 1.54) is 0 Å². The van der Waals surface area contributed by atoms with Gasteiger partial charge in [0, 0.05) is 32.1 Å². The summed E-state index contributed by atoms with van der Waals surface area (Å²) in [5.41, 5.74) is 2.97. The first-order chi connectivity index (χ1) is 9.06. The van der Waals surface area contributed by atoms with Crippen LogP contribution in [0.3, 0.4) is 0 Å². The van der Waals surface area contributed by atoms with Crippen molar-refractivity contribution in [3.05, 3.63) is 0 Å². The highest BCUT2D eigenvalue weighted by Gasteiger charge is 2.30. The topological polar surface area (TPSA) is 72.9 Å². The molecule has 1 heterocycles. The van der Waals surface area contributed by atoms with Crippen molar-refractivity contribution in [1.82, 2.24) is 15.3 Å². The van der Waals surface area contributed by atoms with Crippen molar-refractivity contribution in [2.24, 2.45) is 11.8 Å². The van der Waals surface area contributed by atoms with Gasteiger partial charge in [0.05, 0.1) is 5.92 Å². The lowest BCUT2D eigenvalue weighted by Gasteiger charge is -2.34. The molecule has 0 aromatic rings. The van der Waals surface area contributed by atoms with Crippen LogP contribution in [0.5, 0.6) is 0 Å². The second-order valence-corrected chi connectivity index (χ2v) is 5.65. The number of carbonyl (C=O) groups excluding carboxylic acids is 1. The molecular formula is C13H23N3O3. The number of hydrazine groups is 1. The number of hydrogen-bond donors (Lipinski definition) is 2. The Hall–Kier alpha value is -1.14. The summed E-state index contributed by atoms with van der Waals surface area (Å²) in [6, 6.07) is 0. The fourth-order valence-electron chi connectivity index (χ4n) is 2.77. The van der Waals surface area contributed by atoms with Gasteiger partial charge in [0.15, 0.2) is 0 Å². The Bertz CT molecular complexity index is 332. The molecule has 19 heavy (non-hydrogen) atoms. The minimum atomic E-state index is -0.724. The highest BCUT2D eigenvalue weighted by Crippen LogP contribution is 2.29. The molecule has 0 spiro atoms. The van der Waals surface area contributed by atoms with E-state index in [1.54, 1.807) is 0 Å². The molecule has 0 atom stereocenters. The van der Waals surface area contributed by atoms with Gasteiger partial charge in [-0.2, -0.15) is 0 Å². The van der Waals surface area contributed by atoms with Gasteiger partial charge in [-0.3, -0.25) is 15.0 Å². The van der Waals surface area contributed by atoms with Gasteiger partial charge in [-0.05, 0) is 32.7 Å². The predicted octanol–water partition coefficient (Wildman–Crippen LogP) is 0.156. The van der Waals surface area contributed by atoms with Gasteiger partial charge in [-0.15, -0.1) is 0 Å². The van der Waals surface area contributed by atoms with Gasteiger partial charge in [0.1, 0.15) is 0 Å². The SMILES string of the molecule is CN1CCN(NC(=O)C2CCC(C(=O)O)CC2)CC1. The lowest BCUT2D eigenvalue weighted by atomic mass is 9.82. The average molecular weight is 269 g/mol. The van der Waals surface area contributed by atoms with E-state index >= 15 is 0 Å². The first kappa shape index (κ1) is 14.3. The molecule has 108 valence electrons. The van der Waals surface area contributed by atoms with Crippen molar-refractivity contribution in [3.63, 3.8) is 0 Å². The highest BCUT2D eigenvalue weighted by atomic mass is 16.4. The number of nitrogens with zero attached hydrogens (tertiary/aromatic N) is 2. The van der Waals surface area contributed by atoms with Crippen molar-refractivity contribution >= 4 is 11.9 Å². The van der Waals surface area contributed by atoms with Crippen LogP contribution < -0.4 is 5.43 Å².